The van der Waals surface area contributed by atoms with E-state index in [2.05, 4.69) is 34.2 Å². The molecule has 1 N–H and O–H groups in total. The van der Waals surface area contributed by atoms with E-state index in [0.717, 1.165) is 43.1 Å². The molecule has 1 atom stereocenters. The van der Waals surface area contributed by atoms with Crippen molar-refractivity contribution in [1.82, 2.24) is 20.4 Å². The standard InChI is InChI=1S/C20H27N5O2/c1-4-13-9-15(24-27-13)18(26)22-16-10-20(2,3)11-17-14(16)12-21-19(23-17)25-7-5-6-8-25/h9,12,16H,4-8,10-11H2,1-3H3,(H,22,26)/t16-/m0/s1. The van der Waals surface area contributed by atoms with Gasteiger partial charge in [-0.15, -0.1) is 0 Å². The Morgan fingerprint density at radius 3 is 2.85 bits per heavy atom. The molecule has 7 heteroatoms. The van der Waals surface area contributed by atoms with Crippen LogP contribution in [-0.4, -0.2) is 34.1 Å². The van der Waals surface area contributed by atoms with Gasteiger partial charge in [-0.05, 0) is 31.1 Å². The summed E-state index contributed by atoms with van der Waals surface area (Å²) in [5, 5.41) is 7.00. The second-order valence-corrected chi connectivity index (χ2v) is 8.37. The fourth-order valence-electron chi connectivity index (χ4n) is 4.05. The second-order valence-electron chi connectivity index (χ2n) is 8.37. The SMILES string of the molecule is CCc1cc(C(=O)N[C@H]2CC(C)(C)Cc3nc(N4CCCC4)ncc32)no1. The van der Waals surface area contributed by atoms with Crippen molar-refractivity contribution in [3.63, 3.8) is 0 Å². The van der Waals surface area contributed by atoms with E-state index in [0.29, 0.717) is 17.9 Å². The molecule has 0 radical (unpaired) electrons. The van der Waals surface area contributed by atoms with Crippen molar-refractivity contribution in [1.29, 1.82) is 0 Å². The van der Waals surface area contributed by atoms with Gasteiger partial charge in [0.05, 0.1) is 11.7 Å². The molecule has 2 aliphatic rings. The summed E-state index contributed by atoms with van der Waals surface area (Å²) >= 11 is 0. The molecule has 0 unspecified atom stereocenters. The van der Waals surface area contributed by atoms with Crippen molar-refractivity contribution < 1.29 is 9.32 Å². The summed E-state index contributed by atoms with van der Waals surface area (Å²) in [6.07, 6.45) is 6.74. The zero-order chi connectivity index (χ0) is 19.0. The van der Waals surface area contributed by atoms with Crippen LogP contribution in [-0.2, 0) is 12.8 Å². The molecule has 1 aliphatic carbocycles. The van der Waals surface area contributed by atoms with Gasteiger partial charge in [0.25, 0.3) is 5.91 Å². The first-order valence-corrected chi connectivity index (χ1v) is 9.82. The third-order valence-electron chi connectivity index (χ3n) is 5.50. The second kappa shape index (κ2) is 6.94. The van der Waals surface area contributed by atoms with Gasteiger partial charge in [-0.2, -0.15) is 0 Å². The Hall–Kier alpha value is -2.44. The molecule has 0 bridgehead atoms. The van der Waals surface area contributed by atoms with Gasteiger partial charge >= 0.3 is 0 Å². The van der Waals surface area contributed by atoms with E-state index in [9.17, 15) is 4.79 Å². The number of nitrogens with one attached hydrogen (secondary N) is 1. The van der Waals surface area contributed by atoms with Gasteiger partial charge in [0.1, 0.15) is 5.76 Å². The normalized spacial score (nSPS) is 21.1. The van der Waals surface area contributed by atoms with Gasteiger partial charge < -0.3 is 14.7 Å². The minimum atomic E-state index is -0.212. The Morgan fingerprint density at radius 1 is 1.37 bits per heavy atom. The van der Waals surface area contributed by atoms with E-state index in [4.69, 9.17) is 9.51 Å². The lowest BCUT2D eigenvalue weighted by molar-refractivity contribution is 0.0909. The molecule has 1 fully saturated rings. The molecule has 3 heterocycles. The first-order chi connectivity index (χ1) is 12.9. The van der Waals surface area contributed by atoms with Crippen molar-refractivity contribution in [3.05, 3.63) is 35.0 Å². The monoisotopic (exact) mass is 369 g/mol. The fraction of sp³-hybridized carbons (Fsp3) is 0.600. The van der Waals surface area contributed by atoms with Crippen LogP contribution in [0.25, 0.3) is 0 Å². The summed E-state index contributed by atoms with van der Waals surface area (Å²) in [7, 11) is 0. The number of aryl methyl sites for hydroxylation is 1. The van der Waals surface area contributed by atoms with Crippen molar-refractivity contribution in [2.45, 2.75) is 58.9 Å². The van der Waals surface area contributed by atoms with Gasteiger partial charge in [-0.25, -0.2) is 9.97 Å². The average molecular weight is 369 g/mol. The molecule has 0 spiro atoms. The van der Waals surface area contributed by atoms with Crippen LogP contribution in [0.5, 0.6) is 0 Å². The maximum Gasteiger partial charge on any atom is 0.273 e. The van der Waals surface area contributed by atoms with E-state index in [-0.39, 0.29) is 17.4 Å². The minimum Gasteiger partial charge on any atom is -0.361 e. The molecular weight excluding hydrogens is 342 g/mol. The smallest absolute Gasteiger partial charge is 0.273 e. The van der Waals surface area contributed by atoms with E-state index < -0.39 is 0 Å². The quantitative estimate of drug-likeness (QED) is 0.892. The molecule has 27 heavy (non-hydrogen) atoms. The van der Waals surface area contributed by atoms with Gasteiger partial charge in [0.2, 0.25) is 5.95 Å². The van der Waals surface area contributed by atoms with Crippen molar-refractivity contribution in [3.8, 4) is 0 Å². The topological polar surface area (TPSA) is 84.2 Å². The summed E-state index contributed by atoms with van der Waals surface area (Å²) in [6.45, 7) is 8.45. The van der Waals surface area contributed by atoms with Crippen LogP contribution in [0.15, 0.2) is 16.8 Å². The largest absolute Gasteiger partial charge is 0.361 e. The first kappa shape index (κ1) is 17.9. The van der Waals surface area contributed by atoms with Crippen LogP contribution in [0.2, 0.25) is 0 Å². The summed E-state index contributed by atoms with van der Waals surface area (Å²) in [4.78, 5) is 24.4. The highest BCUT2D eigenvalue weighted by molar-refractivity contribution is 5.92. The highest BCUT2D eigenvalue weighted by Gasteiger charge is 2.35. The lowest BCUT2D eigenvalue weighted by Crippen LogP contribution is -2.37. The highest BCUT2D eigenvalue weighted by Crippen LogP contribution is 2.40. The Kier molecular flexibility index (Phi) is 4.61. The number of nitrogens with zero attached hydrogens (tertiary/aromatic N) is 4. The van der Waals surface area contributed by atoms with E-state index in [1.54, 1.807) is 6.07 Å². The minimum absolute atomic E-state index is 0.0555. The molecule has 1 aliphatic heterocycles. The number of fused-ring (bicyclic) bond motifs is 1. The Balaban J connectivity index is 1.59. The van der Waals surface area contributed by atoms with Crippen LogP contribution in [0, 0.1) is 5.41 Å². The molecule has 4 rings (SSSR count). The molecule has 7 nitrogen and oxygen atoms in total. The van der Waals surface area contributed by atoms with Crippen LogP contribution < -0.4 is 10.2 Å². The molecule has 1 amide bonds. The summed E-state index contributed by atoms with van der Waals surface area (Å²) in [5.41, 5.74) is 2.44. The van der Waals surface area contributed by atoms with Gasteiger partial charge in [0, 0.05) is 37.3 Å². The number of carbonyl (C=O) groups excluding carboxylic acids is 1. The lowest BCUT2D eigenvalue weighted by Gasteiger charge is -2.36. The molecule has 2 aromatic rings. The van der Waals surface area contributed by atoms with Crippen LogP contribution in [0.3, 0.4) is 0 Å². The number of rotatable bonds is 4. The summed E-state index contributed by atoms with van der Waals surface area (Å²) < 4.78 is 5.17. The summed E-state index contributed by atoms with van der Waals surface area (Å²) in [5.74, 6) is 1.32. The van der Waals surface area contributed by atoms with Crippen molar-refractivity contribution in [2.24, 2.45) is 5.41 Å². The predicted molar refractivity (Wildman–Crippen MR) is 102 cm³/mol. The first-order valence-electron chi connectivity index (χ1n) is 9.82. The van der Waals surface area contributed by atoms with Gasteiger partial charge in [0.15, 0.2) is 5.69 Å². The zero-order valence-electron chi connectivity index (χ0n) is 16.3. The van der Waals surface area contributed by atoms with Crippen LogP contribution >= 0.6 is 0 Å². The molecule has 1 saturated heterocycles. The third kappa shape index (κ3) is 3.68. The van der Waals surface area contributed by atoms with Gasteiger partial charge in [-0.1, -0.05) is 25.9 Å². The molecule has 0 saturated carbocycles. The van der Waals surface area contributed by atoms with Gasteiger partial charge in [-0.3, -0.25) is 4.79 Å². The predicted octanol–water partition coefficient (Wildman–Crippen LogP) is 3.07. The number of hydrogen-bond acceptors (Lipinski definition) is 6. The maximum absolute atomic E-state index is 12.7. The average Bonchev–Trinajstić information content (AvgIpc) is 3.32. The lowest BCUT2D eigenvalue weighted by atomic mass is 9.74. The highest BCUT2D eigenvalue weighted by atomic mass is 16.5. The number of hydrogen-bond donors (Lipinski definition) is 1. The molecule has 2 aromatic heterocycles. The third-order valence-corrected chi connectivity index (χ3v) is 5.50. The number of carbonyl (C=O) groups is 1. The molecular formula is C20H27N5O2. The Labute approximate surface area is 159 Å². The van der Waals surface area contributed by atoms with Crippen molar-refractivity contribution in [2.75, 3.05) is 18.0 Å². The summed E-state index contributed by atoms with van der Waals surface area (Å²) in [6, 6.07) is 1.59. The Morgan fingerprint density at radius 2 is 2.15 bits per heavy atom. The molecule has 144 valence electrons. The van der Waals surface area contributed by atoms with Crippen LogP contribution in [0.1, 0.15) is 73.6 Å². The van der Waals surface area contributed by atoms with Crippen LogP contribution in [0.4, 0.5) is 5.95 Å². The van der Waals surface area contributed by atoms with Crippen molar-refractivity contribution >= 4 is 11.9 Å². The van der Waals surface area contributed by atoms with E-state index >= 15 is 0 Å². The number of aromatic nitrogens is 3. The van der Waals surface area contributed by atoms with E-state index in [1.165, 1.54) is 12.8 Å². The number of amides is 1. The fourth-order valence-corrected chi connectivity index (χ4v) is 4.05. The maximum atomic E-state index is 12.7. The zero-order valence-corrected chi connectivity index (χ0v) is 16.3. The molecule has 0 aromatic carbocycles. The number of anilines is 1. The van der Waals surface area contributed by atoms with E-state index in [1.807, 2.05) is 13.1 Å². The Bertz CT molecular complexity index is 839.